The van der Waals surface area contributed by atoms with Gasteiger partial charge in [-0.25, -0.2) is 9.48 Å². The molecule has 0 radical (unpaired) electrons. The minimum atomic E-state index is -0.647. The van der Waals surface area contributed by atoms with Crippen LogP contribution in [0.3, 0.4) is 0 Å². The summed E-state index contributed by atoms with van der Waals surface area (Å²) >= 11 is 0. The molecule has 2 heterocycles. The number of ether oxygens (including phenoxy) is 2. The highest BCUT2D eigenvalue weighted by molar-refractivity contribution is 5.89. The van der Waals surface area contributed by atoms with E-state index in [0.717, 1.165) is 5.56 Å². The Morgan fingerprint density at radius 3 is 2.62 bits per heavy atom. The second-order valence-electron chi connectivity index (χ2n) is 4.31. The van der Waals surface area contributed by atoms with Gasteiger partial charge in [-0.2, -0.15) is 5.10 Å². The average Bonchev–Trinajstić information content (AvgIpc) is 3.05. The molecule has 0 atom stereocenters. The fraction of sp³-hybridized carbons (Fsp3) is 0.417. The van der Waals surface area contributed by atoms with Crippen molar-refractivity contribution >= 4 is 11.9 Å². The highest BCUT2D eigenvalue weighted by atomic mass is 16.5. The van der Waals surface area contributed by atoms with Crippen molar-refractivity contribution in [1.82, 2.24) is 24.8 Å². The molecule has 0 spiro atoms. The van der Waals surface area contributed by atoms with E-state index in [-0.39, 0.29) is 12.1 Å². The molecule has 9 heteroatoms. The predicted molar refractivity (Wildman–Crippen MR) is 69.4 cm³/mol. The van der Waals surface area contributed by atoms with Gasteiger partial charge in [0, 0.05) is 18.8 Å². The second kappa shape index (κ2) is 6.16. The molecule has 0 amide bonds. The van der Waals surface area contributed by atoms with Crippen LogP contribution in [-0.2, 0) is 34.3 Å². The Bertz CT molecular complexity index is 660. The Morgan fingerprint density at radius 2 is 2.05 bits per heavy atom. The molecule has 2 aromatic rings. The summed E-state index contributed by atoms with van der Waals surface area (Å²) in [5, 5.41) is 11.7. The summed E-state index contributed by atoms with van der Waals surface area (Å²) < 4.78 is 12.4. The molecule has 0 unspecified atom stereocenters. The minimum Gasteiger partial charge on any atom is -0.469 e. The molecule has 0 bridgehead atoms. The Morgan fingerprint density at radius 1 is 1.29 bits per heavy atom. The van der Waals surface area contributed by atoms with Gasteiger partial charge in [-0.1, -0.05) is 5.21 Å². The molecule has 112 valence electrons. The molecule has 0 saturated heterocycles. The lowest BCUT2D eigenvalue weighted by molar-refractivity contribution is -0.139. The summed E-state index contributed by atoms with van der Waals surface area (Å²) in [6.07, 6.45) is 3.36. The Hall–Kier alpha value is -2.71. The number of nitrogens with zero attached hydrogens (tertiary/aromatic N) is 5. The molecule has 0 N–H and O–H groups in total. The van der Waals surface area contributed by atoms with Gasteiger partial charge in [0.15, 0.2) is 5.69 Å². The van der Waals surface area contributed by atoms with Crippen molar-refractivity contribution in [1.29, 1.82) is 0 Å². The van der Waals surface area contributed by atoms with Gasteiger partial charge in [0.2, 0.25) is 0 Å². The topological polar surface area (TPSA) is 101 Å². The molecule has 0 fully saturated rings. The molecule has 2 rings (SSSR count). The molecule has 21 heavy (non-hydrogen) atoms. The number of carbonyl (C=O) groups excluding carboxylic acids is 2. The zero-order chi connectivity index (χ0) is 15.4. The first-order chi connectivity index (χ1) is 10.0. The highest BCUT2D eigenvalue weighted by Gasteiger charge is 2.23. The van der Waals surface area contributed by atoms with Crippen LogP contribution < -0.4 is 0 Å². The van der Waals surface area contributed by atoms with Crippen molar-refractivity contribution < 1.29 is 19.1 Å². The third-order valence-corrected chi connectivity index (χ3v) is 2.85. The van der Waals surface area contributed by atoms with Gasteiger partial charge in [0.05, 0.1) is 39.1 Å². The van der Waals surface area contributed by atoms with E-state index < -0.39 is 11.9 Å². The first kappa shape index (κ1) is 14.7. The van der Waals surface area contributed by atoms with Crippen LogP contribution >= 0.6 is 0 Å². The lowest BCUT2D eigenvalue weighted by atomic mass is 10.2. The third-order valence-electron chi connectivity index (χ3n) is 2.85. The van der Waals surface area contributed by atoms with E-state index in [0.29, 0.717) is 12.2 Å². The zero-order valence-corrected chi connectivity index (χ0v) is 11.9. The second-order valence-corrected chi connectivity index (χ2v) is 4.31. The number of aryl methyl sites for hydroxylation is 1. The Balaban J connectivity index is 2.33. The van der Waals surface area contributed by atoms with E-state index >= 15 is 0 Å². The van der Waals surface area contributed by atoms with Gasteiger partial charge in [-0.3, -0.25) is 9.48 Å². The van der Waals surface area contributed by atoms with Crippen molar-refractivity contribution in [2.45, 2.75) is 13.0 Å². The number of carbonyl (C=O) groups is 2. The standard InChI is InChI=1S/C12H15N5O4/c1-16-6-8(5-13-16)7-17-9(4-10(18)20-2)11(14-15-17)12(19)21-3/h5-6H,4,7H2,1-3H3. The van der Waals surface area contributed by atoms with E-state index in [1.54, 1.807) is 24.1 Å². The first-order valence-electron chi connectivity index (χ1n) is 6.10. The van der Waals surface area contributed by atoms with E-state index in [1.807, 2.05) is 0 Å². The number of hydrogen-bond donors (Lipinski definition) is 0. The van der Waals surface area contributed by atoms with E-state index in [9.17, 15) is 9.59 Å². The van der Waals surface area contributed by atoms with Gasteiger partial charge < -0.3 is 9.47 Å². The summed E-state index contributed by atoms with van der Waals surface area (Å²) in [5.41, 5.74) is 1.22. The average molecular weight is 293 g/mol. The SMILES string of the molecule is COC(=O)Cc1c(C(=O)OC)nnn1Cc1cnn(C)c1. The largest absolute Gasteiger partial charge is 0.469 e. The third kappa shape index (κ3) is 3.25. The summed E-state index contributed by atoms with van der Waals surface area (Å²) in [6, 6.07) is 0. The van der Waals surface area contributed by atoms with Crippen molar-refractivity contribution in [3.8, 4) is 0 Å². The molecule has 2 aromatic heterocycles. The monoisotopic (exact) mass is 293 g/mol. The molecule has 0 aliphatic heterocycles. The van der Waals surface area contributed by atoms with Crippen LogP contribution in [-0.4, -0.2) is 50.9 Å². The lowest BCUT2D eigenvalue weighted by Crippen LogP contribution is -2.15. The number of rotatable bonds is 5. The zero-order valence-electron chi connectivity index (χ0n) is 11.9. The van der Waals surface area contributed by atoms with Crippen molar-refractivity contribution in [3.05, 3.63) is 29.3 Å². The normalized spacial score (nSPS) is 10.4. The minimum absolute atomic E-state index is 0.00629. The van der Waals surface area contributed by atoms with Crippen molar-refractivity contribution in [2.75, 3.05) is 14.2 Å². The van der Waals surface area contributed by atoms with Crippen LogP contribution in [0, 0.1) is 0 Å². The fourth-order valence-electron chi connectivity index (χ4n) is 1.83. The molecule has 0 aromatic carbocycles. The predicted octanol–water partition coefficient (Wildman–Crippen LogP) is -0.438. The van der Waals surface area contributed by atoms with E-state index in [4.69, 9.17) is 0 Å². The van der Waals surface area contributed by atoms with Crippen molar-refractivity contribution in [2.24, 2.45) is 7.05 Å². The summed E-state index contributed by atoms with van der Waals surface area (Å²) in [7, 11) is 4.31. The van der Waals surface area contributed by atoms with Gasteiger partial charge in [-0.15, -0.1) is 5.10 Å². The van der Waals surface area contributed by atoms with Gasteiger partial charge in [0.1, 0.15) is 0 Å². The maximum Gasteiger partial charge on any atom is 0.360 e. The van der Waals surface area contributed by atoms with E-state index in [2.05, 4.69) is 24.9 Å². The summed E-state index contributed by atoms with van der Waals surface area (Å²) in [6.45, 7) is 0.337. The summed E-state index contributed by atoms with van der Waals surface area (Å²) in [4.78, 5) is 23.2. The number of hydrogen-bond acceptors (Lipinski definition) is 7. The number of aromatic nitrogens is 5. The first-order valence-corrected chi connectivity index (χ1v) is 6.10. The van der Waals surface area contributed by atoms with Crippen LogP contribution in [0.2, 0.25) is 0 Å². The van der Waals surface area contributed by atoms with Crippen LogP contribution in [0.5, 0.6) is 0 Å². The van der Waals surface area contributed by atoms with Crippen LogP contribution in [0.4, 0.5) is 0 Å². The number of methoxy groups -OCH3 is 2. The molecule has 9 nitrogen and oxygen atoms in total. The maximum absolute atomic E-state index is 11.7. The van der Waals surface area contributed by atoms with Crippen LogP contribution in [0.1, 0.15) is 21.7 Å². The highest BCUT2D eigenvalue weighted by Crippen LogP contribution is 2.11. The van der Waals surface area contributed by atoms with Crippen molar-refractivity contribution in [3.63, 3.8) is 0 Å². The fourth-order valence-corrected chi connectivity index (χ4v) is 1.83. The van der Waals surface area contributed by atoms with Gasteiger partial charge in [0.25, 0.3) is 0 Å². The number of esters is 2. The molecule has 0 aliphatic rings. The van der Waals surface area contributed by atoms with Crippen LogP contribution in [0.15, 0.2) is 12.4 Å². The van der Waals surface area contributed by atoms with Gasteiger partial charge in [-0.05, 0) is 0 Å². The van der Waals surface area contributed by atoms with E-state index in [1.165, 1.54) is 18.9 Å². The van der Waals surface area contributed by atoms with Crippen LogP contribution in [0.25, 0.3) is 0 Å². The lowest BCUT2D eigenvalue weighted by Gasteiger charge is -2.05. The quantitative estimate of drug-likeness (QED) is 0.689. The Kier molecular flexibility index (Phi) is 4.31. The Labute approximate surface area is 120 Å². The molecular weight excluding hydrogens is 278 g/mol. The smallest absolute Gasteiger partial charge is 0.360 e. The molecule has 0 aliphatic carbocycles. The maximum atomic E-state index is 11.7. The summed E-state index contributed by atoms with van der Waals surface area (Å²) in [5.74, 6) is -1.14. The molecular formula is C12H15N5O4. The molecule has 0 saturated carbocycles. The van der Waals surface area contributed by atoms with Gasteiger partial charge >= 0.3 is 11.9 Å².